The third-order valence-electron chi connectivity index (χ3n) is 4.76. The molecule has 0 saturated heterocycles. The number of Topliss-reactive ketones (excluding diaryl/α,β-unsaturated/α-hetero) is 1. The molecule has 138 valence electrons. The smallest absolute Gasteiger partial charge is 0.231 e. The lowest BCUT2D eigenvalue weighted by Gasteiger charge is -2.05. The maximum atomic E-state index is 12.0. The molecule has 0 saturated carbocycles. The number of aromatic nitrogens is 3. The minimum atomic E-state index is -0.258. The summed E-state index contributed by atoms with van der Waals surface area (Å²) in [6, 6.07) is 13.3. The molecule has 5 rings (SSSR count). The molecule has 0 fully saturated rings. The fourth-order valence-electron chi connectivity index (χ4n) is 3.56. The van der Waals surface area contributed by atoms with E-state index >= 15 is 0 Å². The Balaban J connectivity index is 1.99. The van der Waals surface area contributed by atoms with Gasteiger partial charge in [-0.15, -0.1) is 0 Å². The maximum Gasteiger partial charge on any atom is 0.231 e. The summed E-state index contributed by atoms with van der Waals surface area (Å²) in [5.74, 6) is 0.446. The van der Waals surface area contributed by atoms with Gasteiger partial charge < -0.3 is 14.6 Å². The van der Waals surface area contributed by atoms with Crippen molar-refractivity contribution in [2.24, 2.45) is 0 Å². The van der Waals surface area contributed by atoms with Crippen LogP contribution in [0.1, 0.15) is 23.2 Å². The van der Waals surface area contributed by atoms with Crippen LogP contribution in [0, 0.1) is 6.92 Å². The molecule has 0 aliphatic heterocycles. The first-order valence-electron chi connectivity index (χ1n) is 8.77. The average Bonchev–Trinajstić information content (AvgIpc) is 3.40. The van der Waals surface area contributed by atoms with Crippen molar-refractivity contribution in [3.63, 3.8) is 0 Å². The topological polar surface area (TPSA) is 100 Å². The van der Waals surface area contributed by atoms with Crippen molar-refractivity contribution in [1.29, 1.82) is 0 Å². The predicted octanol–water partition coefficient (Wildman–Crippen LogP) is 4.52. The first-order chi connectivity index (χ1) is 13.6. The van der Waals surface area contributed by atoms with Gasteiger partial charge in [0.15, 0.2) is 17.2 Å². The molecule has 0 radical (unpaired) electrons. The second-order valence-corrected chi connectivity index (χ2v) is 6.58. The van der Waals surface area contributed by atoms with E-state index in [-0.39, 0.29) is 22.9 Å². The molecule has 0 spiro atoms. The Morgan fingerprint density at radius 3 is 2.57 bits per heavy atom. The molecule has 0 aliphatic rings. The van der Waals surface area contributed by atoms with E-state index in [9.17, 15) is 4.79 Å². The largest absolute Gasteiger partial charge is 0.464 e. The van der Waals surface area contributed by atoms with Gasteiger partial charge in [-0.3, -0.25) is 4.79 Å². The first-order valence-corrected chi connectivity index (χ1v) is 8.77. The van der Waals surface area contributed by atoms with Crippen LogP contribution in [0.5, 0.6) is 0 Å². The van der Waals surface area contributed by atoms with Gasteiger partial charge in [-0.1, -0.05) is 18.2 Å². The molecule has 5 aromatic rings. The number of aryl methyl sites for hydroxylation is 1. The van der Waals surface area contributed by atoms with E-state index in [0.717, 1.165) is 22.3 Å². The van der Waals surface area contributed by atoms with Crippen LogP contribution in [0.4, 0.5) is 5.69 Å². The van der Waals surface area contributed by atoms with Gasteiger partial charge in [-0.05, 0) is 31.2 Å². The van der Waals surface area contributed by atoms with E-state index in [1.54, 1.807) is 17.0 Å². The molecule has 4 aromatic heterocycles. The summed E-state index contributed by atoms with van der Waals surface area (Å²) < 4.78 is 13.2. The standard InChI is InChI=1S/C21H16N4O3/c1-11-15-16(14-9-6-10-27-14)17-18(22)19(12(2)26)28-21(17)23-20(15)25(24-11)13-7-4-3-5-8-13/h3-10H,22H2,1-2H3. The predicted molar refractivity (Wildman–Crippen MR) is 105 cm³/mol. The number of furan rings is 2. The van der Waals surface area contributed by atoms with Crippen molar-refractivity contribution in [3.8, 4) is 17.0 Å². The van der Waals surface area contributed by atoms with Gasteiger partial charge in [-0.25, -0.2) is 4.68 Å². The molecule has 4 heterocycles. The van der Waals surface area contributed by atoms with E-state index in [1.165, 1.54) is 6.92 Å². The number of nitrogens with two attached hydrogens (primary N) is 1. The molecule has 0 amide bonds. The van der Waals surface area contributed by atoms with Gasteiger partial charge in [0.05, 0.1) is 34.1 Å². The van der Waals surface area contributed by atoms with Gasteiger partial charge in [-0.2, -0.15) is 10.1 Å². The van der Waals surface area contributed by atoms with Crippen LogP contribution < -0.4 is 5.73 Å². The Labute approximate surface area is 159 Å². The second kappa shape index (κ2) is 5.82. The zero-order valence-corrected chi connectivity index (χ0v) is 15.3. The molecule has 1 aromatic carbocycles. The minimum Gasteiger partial charge on any atom is -0.464 e. The number of ketones is 1. The summed E-state index contributed by atoms with van der Waals surface area (Å²) in [5.41, 5.74) is 9.78. The number of nitrogens with zero attached hydrogens (tertiary/aromatic N) is 3. The van der Waals surface area contributed by atoms with Crippen molar-refractivity contribution in [3.05, 3.63) is 60.2 Å². The molecule has 7 heteroatoms. The number of carbonyl (C=O) groups is 1. The molecular formula is C21H16N4O3. The van der Waals surface area contributed by atoms with Gasteiger partial charge in [0, 0.05) is 12.5 Å². The molecule has 0 aliphatic carbocycles. The lowest BCUT2D eigenvalue weighted by molar-refractivity contribution is 0.0990. The Morgan fingerprint density at radius 2 is 1.89 bits per heavy atom. The van der Waals surface area contributed by atoms with Crippen molar-refractivity contribution in [2.75, 3.05) is 5.73 Å². The van der Waals surface area contributed by atoms with E-state index in [0.29, 0.717) is 16.8 Å². The summed E-state index contributed by atoms with van der Waals surface area (Å²) in [7, 11) is 0. The average molecular weight is 372 g/mol. The highest BCUT2D eigenvalue weighted by Crippen LogP contribution is 2.42. The maximum absolute atomic E-state index is 12.0. The Hall–Kier alpha value is -3.87. The molecule has 7 nitrogen and oxygen atoms in total. The number of fused-ring (bicyclic) bond motifs is 2. The normalized spacial score (nSPS) is 11.5. The zero-order valence-electron chi connectivity index (χ0n) is 15.3. The highest BCUT2D eigenvalue weighted by atomic mass is 16.4. The van der Waals surface area contributed by atoms with Crippen molar-refractivity contribution < 1.29 is 13.6 Å². The summed E-state index contributed by atoms with van der Waals surface area (Å²) in [6.07, 6.45) is 1.59. The number of pyridine rings is 1. The summed E-state index contributed by atoms with van der Waals surface area (Å²) in [6.45, 7) is 3.32. The first kappa shape index (κ1) is 16.3. The number of carbonyl (C=O) groups excluding carboxylic acids is 1. The molecular weight excluding hydrogens is 356 g/mol. The molecule has 0 atom stereocenters. The number of benzene rings is 1. The van der Waals surface area contributed by atoms with Crippen LogP contribution in [-0.4, -0.2) is 20.5 Å². The Bertz CT molecular complexity index is 1350. The molecule has 0 unspecified atom stereocenters. The molecule has 2 N–H and O–H groups in total. The number of rotatable bonds is 3. The number of nitrogen functional groups attached to an aromatic ring is 1. The van der Waals surface area contributed by atoms with Crippen LogP contribution >= 0.6 is 0 Å². The lowest BCUT2D eigenvalue weighted by atomic mass is 10.0. The van der Waals surface area contributed by atoms with Crippen molar-refractivity contribution in [2.45, 2.75) is 13.8 Å². The number of para-hydroxylation sites is 1. The van der Waals surface area contributed by atoms with E-state index in [1.807, 2.05) is 43.3 Å². The second-order valence-electron chi connectivity index (χ2n) is 6.58. The number of hydrogen-bond donors (Lipinski definition) is 1. The monoisotopic (exact) mass is 372 g/mol. The van der Waals surface area contributed by atoms with Crippen LogP contribution in [0.25, 0.3) is 39.1 Å². The zero-order chi connectivity index (χ0) is 19.4. The highest BCUT2D eigenvalue weighted by molar-refractivity contribution is 6.16. The van der Waals surface area contributed by atoms with Gasteiger partial charge in [0.25, 0.3) is 0 Å². The highest BCUT2D eigenvalue weighted by Gasteiger charge is 2.26. The van der Waals surface area contributed by atoms with E-state index < -0.39 is 0 Å². The van der Waals surface area contributed by atoms with Crippen molar-refractivity contribution in [1.82, 2.24) is 14.8 Å². The van der Waals surface area contributed by atoms with E-state index in [2.05, 4.69) is 10.1 Å². The van der Waals surface area contributed by atoms with Gasteiger partial charge in [0.2, 0.25) is 5.71 Å². The van der Waals surface area contributed by atoms with Crippen LogP contribution in [-0.2, 0) is 0 Å². The van der Waals surface area contributed by atoms with Gasteiger partial charge in [0.1, 0.15) is 5.76 Å². The molecule has 0 bridgehead atoms. The fourth-order valence-corrected chi connectivity index (χ4v) is 3.56. The van der Waals surface area contributed by atoms with Crippen LogP contribution in [0.15, 0.2) is 57.6 Å². The van der Waals surface area contributed by atoms with Crippen molar-refractivity contribution >= 4 is 33.6 Å². The van der Waals surface area contributed by atoms with Crippen LogP contribution in [0.3, 0.4) is 0 Å². The third-order valence-corrected chi connectivity index (χ3v) is 4.76. The number of hydrogen-bond acceptors (Lipinski definition) is 6. The lowest BCUT2D eigenvalue weighted by Crippen LogP contribution is -1.98. The summed E-state index contributed by atoms with van der Waals surface area (Å²) in [4.78, 5) is 16.6. The van der Waals surface area contributed by atoms with Crippen LogP contribution in [0.2, 0.25) is 0 Å². The molecule has 28 heavy (non-hydrogen) atoms. The summed E-state index contributed by atoms with van der Waals surface area (Å²) >= 11 is 0. The Morgan fingerprint density at radius 1 is 1.11 bits per heavy atom. The summed E-state index contributed by atoms with van der Waals surface area (Å²) in [5, 5.41) is 6.04. The number of anilines is 1. The van der Waals surface area contributed by atoms with Gasteiger partial charge >= 0.3 is 0 Å². The minimum absolute atomic E-state index is 0.0971. The Kier molecular flexibility index (Phi) is 3.39. The third kappa shape index (κ3) is 2.19. The quantitative estimate of drug-likeness (QED) is 0.467. The fraction of sp³-hybridized carbons (Fsp3) is 0.0952. The van der Waals surface area contributed by atoms with E-state index in [4.69, 9.17) is 14.6 Å². The SMILES string of the molecule is CC(=O)c1oc2nc3c(c(C)nn3-c3ccccc3)c(-c3ccco3)c2c1N.